The van der Waals surface area contributed by atoms with Gasteiger partial charge in [0.2, 0.25) is 0 Å². The molecule has 1 amide bonds. The van der Waals surface area contributed by atoms with Gasteiger partial charge in [-0.25, -0.2) is 0 Å². The van der Waals surface area contributed by atoms with Crippen LogP contribution in [0.3, 0.4) is 0 Å². The fourth-order valence-electron chi connectivity index (χ4n) is 3.67. The van der Waals surface area contributed by atoms with E-state index in [0.717, 1.165) is 16.0 Å². The third-order valence-corrected chi connectivity index (χ3v) is 6.31. The highest BCUT2D eigenvalue weighted by Gasteiger charge is 2.48. The van der Waals surface area contributed by atoms with Crippen LogP contribution in [0.1, 0.15) is 27.6 Å². The molecule has 0 aliphatic carbocycles. The van der Waals surface area contributed by atoms with Crippen LogP contribution >= 0.6 is 11.3 Å². The molecule has 1 aliphatic heterocycles. The smallest absolute Gasteiger partial charge is 0.300 e. The first-order valence-corrected chi connectivity index (χ1v) is 10.4. The number of hydrogen-bond acceptors (Lipinski definition) is 5. The molecule has 2 heterocycles. The van der Waals surface area contributed by atoms with E-state index in [0.29, 0.717) is 17.0 Å². The minimum Gasteiger partial charge on any atom is -0.507 e. The van der Waals surface area contributed by atoms with Crippen molar-refractivity contribution < 1.29 is 19.4 Å². The van der Waals surface area contributed by atoms with Crippen molar-refractivity contribution in [2.24, 2.45) is 0 Å². The van der Waals surface area contributed by atoms with Gasteiger partial charge in [0.05, 0.1) is 18.4 Å². The van der Waals surface area contributed by atoms with Gasteiger partial charge in [0.25, 0.3) is 11.7 Å². The zero-order valence-corrected chi connectivity index (χ0v) is 17.7. The average Bonchev–Trinajstić information content (AvgIpc) is 3.37. The highest BCUT2D eigenvalue weighted by Crippen LogP contribution is 2.45. The second kappa shape index (κ2) is 7.80. The second-order valence-corrected chi connectivity index (χ2v) is 8.13. The summed E-state index contributed by atoms with van der Waals surface area (Å²) in [5.74, 6) is -1.10. The van der Waals surface area contributed by atoms with Crippen LogP contribution in [-0.2, 0) is 9.59 Å². The first kappa shape index (κ1) is 19.9. The fraction of sp³-hybridized carbons (Fsp3) is 0.167. The molecule has 5 nitrogen and oxygen atoms in total. The van der Waals surface area contributed by atoms with E-state index in [1.807, 2.05) is 43.5 Å². The zero-order chi connectivity index (χ0) is 21.4. The van der Waals surface area contributed by atoms with Gasteiger partial charge in [-0.15, -0.1) is 11.3 Å². The second-order valence-electron chi connectivity index (χ2n) is 7.16. The highest BCUT2D eigenvalue weighted by atomic mass is 32.1. The molecule has 1 saturated heterocycles. The molecular weight excluding hydrogens is 398 g/mol. The number of rotatable bonds is 4. The number of aryl methyl sites for hydroxylation is 2. The van der Waals surface area contributed by atoms with E-state index in [2.05, 4.69) is 0 Å². The van der Waals surface area contributed by atoms with Crippen molar-refractivity contribution in [1.29, 1.82) is 0 Å². The summed E-state index contributed by atoms with van der Waals surface area (Å²) in [6, 6.07) is 15.5. The van der Waals surface area contributed by atoms with Gasteiger partial charge in [-0.05, 0) is 54.6 Å². The van der Waals surface area contributed by atoms with Gasteiger partial charge in [0.15, 0.2) is 0 Å². The van der Waals surface area contributed by atoms with E-state index in [4.69, 9.17) is 4.74 Å². The fourth-order valence-corrected chi connectivity index (χ4v) is 4.49. The number of carbonyl (C=O) groups excluding carboxylic acids is 2. The molecule has 0 radical (unpaired) electrons. The first-order chi connectivity index (χ1) is 14.4. The third kappa shape index (κ3) is 3.19. The Morgan fingerprint density at radius 2 is 1.80 bits per heavy atom. The molecule has 30 heavy (non-hydrogen) atoms. The maximum atomic E-state index is 13.1. The normalized spacial score (nSPS) is 18.1. The van der Waals surface area contributed by atoms with Crippen molar-refractivity contribution in [2.75, 3.05) is 12.0 Å². The predicted octanol–water partition coefficient (Wildman–Crippen LogP) is 5.00. The number of methoxy groups -OCH3 is 1. The Balaban J connectivity index is 1.95. The number of hydrogen-bond donors (Lipinski definition) is 1. The third-order valence-electron chi connectivity index (χ3n) is 5.38. The molecule has 152 valence electrons. The molecule has 0 saturated carbocycles. The number of aliphatic hydroxyl groups is 1. The minimum atomic E-state index is -0.733. The summed E-state index contributed by atoms with van der Waals surface area (Å²) < 4.78 is 5.44. The number of benzene rings is 2. The van der Waals surface area contributed by atoms with Crippen LogP contribution in [0.4, 0.5) is 5.69 Å². The largest absolute Gasteiger partial charge is 0.507 e. The summed E-state index contributed by atoms with van der Waals surface area (Å²) in [5, 5.41) is 13.0. The lowest BCUT2D eigenvalue weighted by atomic mass is 9.97. The Morgan fingerprint density at radius 3 is 2.47 bits per heavy atom. The summed E-state index contributed by atoms with van der Waals surface area (Å²) in [4.78, 5) is 28.4. The van der Waals surface area contributed by atoms with Gasteiger partial charge in [0, 0.05) is 10.4 Å². The number of para-hydroxylation sites is 2. The van der Waals surface area contributed by atoms with Crippen LogP contribution < -0.4 is 9.64 Å². The summed E-state index contributed by atoms with van der Waals surface area (Å²) >= 11 is 1.43. The zero-order valence-electron chi connectivity index (χ0n) is 16.9. The quantitative estimate of drug-likeness (QED) is 0.367. The molecule has 6 heteroatoms. The minimum absolute atomic E-state index is 0.0802. The molecule has 2 aromatic carbocycles. The molecule has 4 rings (SSSR count). The summed E-state index contributed by atoms with van der Waals surface area (Å²) in [6.07, 6.45) is 0. The van der Waals surface area contributed by atoms with Gasteiger partial charge in [0.1, 0.15) is 17.6 Å². The lowest BCUT2D eigenvalue weighted by Crippen LogP contribution is -2.29. The van der Waals surface area contributed by atoms with Crippen molar-refractivity contribution in [3.63, 3.8) is 0 Å². The maximum absolute atomic E-state index is 13.1. The number of ketones is 1. The topological polar surface area (TPSA) is 66.8 Å². The summed E-state index contributed by atoms with van der Waals surface area (Å²) in [5.41, 5.74) is 3.15. The van der Waals surface area contributed by atoms with E-state index in [1.165, 1.54) is 23.3 Å². The molecule has 0 spiro atoms. The molecule has 0 bridgehead atoms. The molecule has 1 unspecified atom stereocenters. The molecular formula is C24H21NO4S. The number of anilines is 1. The van der Waals surface area contributed by atoms with Gasteiger partial charge in [-0.2, -0.15) is 0 Å². The standard InChI is InChI=1S/C24H21NO4S/c1-14-10-11-16(13-15(14)2)22(26)20-21(19-9-6-12-30-19)25(24(28)23(20)27)17-7-4-5-8-18(17)29-3/h4-13,21,26H,1-3H3/b22-20-. The Bertz CT molecular complexity index is 1160. The van der Waals surface area contributed by atoms with Crippen LogP contribution in [-0.4, -0.2) is 23.9 Å². The highest BCUT2D eigenvalue weighted by molar-refractivity contribution is 7.10. The van der Waals surface area contributed by atoms with Crippen molar-refractivity contribution >= 4 is 34.5 Å². The van der Waals surface area contributed by atoms with Crippen LogP contribution in [0.5, 0.6) is 5.75 Å². The molecule has 1 aliphatic rings. The van der Waals surface area contributed by atoms with Crippen molar-refractivity contribution in [3.05, 3.63) is 87.1 Å². The number of amides is 1. The number of thiophene rings is 1. The molecule has 1 aromatic heterocycles. The van der Waals surface area contributed by atoms with Crippen molar-refractivity contribution in [1.82, 2.24) is 0 Å². The van der Waals surface area contributed by atoms with Crippen molar-refractivity contribution in [3.8, 4) is 5.75 Å². The predicted molar refractivity (Wildman–Crippen MR) is 118 cm³/mol. The van der Waals surface area contributed by atoms with E-state index >= 15 is 0 Å². The summed E-state index contributed by atoms with van der Waals surface area (Å²) in [6.45, 7) is 3.92. The van der Waals surface area contributed by atoms with Gasteiger partial charge < -0.3 is 9.84 Å². The van der Waals surface area contributed by atoms with Crippen LogP contribution in [0.2, 0.25) is 0 Å². The molecule has 1 fully saturated rings. The van der Waals surface area contributed by atoms with Crippen LogP contribution in [0.15, 0.2) is 65.6 Å². The van der Waals surface area contributed by atoms with E-state index < -0.39 is 17.7 Å². The monoisotopic (exact) mass is 419 g/mol. The van der Waals surface area contributed by atoms with Crippen LogP contribution in [0.25, 0.3) is 5.76 Å². The maximum Gasteiger partial charge on any atom is 0.300 e. The Labute approximate surface area is 178 Å². The molecule has 3 aromatic rings. The van der Waals surface area contributed by atoms with Gasteiger partial charge in [-0.1, -0.05) is 30.3 Å². The number of nitrogens with zero attached hydrogens (tertiary/aromatic N) is 1. The number of carbonyl (C=O) groups is 2. The van der Waals surface area contributed by atoms with Gasteiger partial charge in [-0.3, -0.25) is 14.5 Å². The number of ether oxygens (including phenoxy) is 1. The lowest BCUT2D eigenvalue weighted by Gasteiger charge is -2.25. The molecule has 1 atom stereocenters. The average molecular weight is 420 g/mol. The Morgan fingerprint density at radius 1 is 1.03 bits per heavy atom. The van der Waals surface area contributed by atoms with E-state index in [9.17, 15) is 14.7 Å². The van der Waals surface area contributed by atoms with E-state index in [1.54, 1.807) is 30.3 Å². The lowest BCUT2D eigenvalue weighted by molar-refractivity contribution is -0.132. The Hall–Kier alpha value is -3.38. The number of aliphatic hydroxyl groups excluding tert-OH is 1. The van der Waals surface area contributed by atoms with Crippen molar-refractivity contribution in [2.45, 2.75) is 19.9 Å². The molecule has 1 N–H and O–H groups in total. The summed E-state index contributed by atoms with van der Waals surface area (Å²) in [7, 11) is 1.52. The van der Waals surface area contributed by atoms with Gasteiger partial charge >= 0.3 is 0 Å². The Kier molecular flexibility index (Phi) is 5.18. The number of Topliss-reactive ketones (excluding diaryl/α,β-unsaturated/α-hetero) is 1. The first-order valence-electron chi connectivity index (χ1n) is 9.49. The van der Waals surface area contributed by atoms with E-state index in [-0.39, 0.29) is 11.3 Å². The van der Waals surface area contributed by atoms with Crippen LogP contribution in [0, 0.1) is 13.8 Å². The SMILES string of the molecule is COc1ccccc1N1C(=O)C(=O)/C(=C(\O)c2ccc(C)c(C)c2)C1c1cccs1.